The number of esters is 1. The SMILES string of the molecule is COC(=O)CCOC1C(O)[C@H](CO)O[C@@H]1n1ccc(=O)[nH]c1=O. The molecule has 0 bridgehead atoms. The van der Waals surface area contributed by atoms with E-state index in [9.17, 15) is 24.6 Å². The molecule has 1 aromatic heterocycles. The molecule has 0 aliphatic carbocycles. The van der Waals surface area contributed by atoms with E-state index in [0.717, 1.165) is 10.6 Å². The van der Waals surface area contributed by atoms with Crippen LogP contribution in [0.2, 0.25) is 0 Å². The number of aromatic nitrogens is 2. The Morgan fingerprint density at radius 3 is 2.83 bits per heavy atom. The largest absolute Gasteiger partial charge is 0.469 e. The van der Waals surface area contributed by atoms with Crippen molar-refractivity contribution >= 4 is 5.97 Å². The number of ether oxygens (including phenoxy) is 3. The zero-order chi connectivity index (χ0) is 17.0. The first-order chi connectivity index (χ1) is 11.0. The van der Waals surface area contributed by atoms with Gasteiger partial charge in [-0.25, -0.2) is 4.79 Å². The lowest BCUT2D eigenvalue weighted by Crippen LogP contribution is -2.39. The normalized spacial score (nSPS) is 27.1. The molecule has 0 saturated carbocycles. The van der Waals surface area contributed by atoms with E-state index < -0.39 is 48.4 Å². The Balaban J connectivity index is 2.18. The molecule has 0 aromatic carbocycles. The maximum atomic E-state index is 11.9. The van der Waals surface area contributed by atoms with Crippen LogP contribution in [0.25, 0.3) is 0 Å². The molecule has 1 saturated heterocycles. The number of hydrogen-bond acceptors (Lipinski definition) is 8. The average Bonchev–Trinajstić information content (AvgIpc) is 2.83. The number of aliphatic hydroxyl groups is 2. The van der Waals surface area contributed by atoms with Crippen LogP contribution in [0.5, 0.6) is 0 Å². The smallest absolute Gasteiger partial charge is 0.330 e. The summed E-state index contributed by atoms with van der Waals surface area (Å²) in [7, 11) is 1.24. The van der Waals surface area contributed by atoms with Crippen molar-refractivity contribution in [2.75, 3.05) is 20.3 Å². The predicted octanol–water partition coefficient (Wildman–Crippen LogP) is -2.26. The van der Waals surface area contributed by atoms with Crippen LogP contribution in [0, 0.1) is 0 Å². The molecular weight excluding hydrogens is 312 g/mol. The molecule has 2 unspecified atom stereocenters. The summed E-state index contributed by atoms with van der Waals surface area (Å²) in [5, 5.41) is 19.4. The summed E-state index contributed by atoms with van der Waals surface area (Å²) < 4.78 is 16.4. The Morgan fingerprint density at radius 2 is 2.22 bits per heavy atom. The second-order valence-corrected chi connectivity index (χ2v) is 4.92. The van der Waals surface area contributed by atoms with Crippen LogP contribution in [0.3, 0.4) is 0 Å². The Bertz CT molecular complexity index is 654. The van der Waals surface area contributed by atoms with Crippen LogP contribution in [-0.4, -0.2) is 64.4 Å². The average molecular weight is 330 g/mol. The van der Waals surface area contributed by atoms with Gasteiger partial charge in [-0.3, -0.25) is 19.1 Å². The molecule has 4 atom stereocenters. The molecule has 1 aliphatic rings. The maximum absolute atomic E-state index is 11.9. The van der Waals surface area contributed by atoms with Gasteiger partial charge in [0.25, 0.3) is 5.56 Å². The third kappa shape index (κ3) is 3.85. The van der Waals surface area contributed by atoms with Crippen LogP contribution in [0.4, 0.5) is 0 Å². The van der Waals surface area contributed by atoms with Crippen molar-refractivity contribution in [2.24, 2.45) is 0 Å². The van der Waals surface area contributed by atoms with Crippen LogP contribution >= 0.6 is 0 Å². The van der Waals surface area contributed by atoms with E-state index in [1.807, 2.05) is 0 Å². The third-order valence-electron chi connectivity index (χ3n) is 3.46. The number of methoxy groups -OCH3 is 1. The highest BCUT2D eigenvalue weighted by Gasteiger charge is 2.45. The fourth-order valence-electron chi connectivity index (χ4n) is 2.28. The number of nitrogens with one attached hydrogen (secondary N) is 1. The first-order valence-corrected chi connectivity index (χ1v) is 6.92. The summed E-state index contributed by atoms with van der Waals surface area (Å²) in [6.07, 6.45) is -3.06. The second kappa shape index (κ2) is 7.51. The summed E-state index contributed by atoms with van der Waals surface area (Å²) in [6.45, 7) is -0.544. The van der Waals surface area contributed by atoms with Gasteiger partial charge in [-0.2, -0.15) is 0 Å². The number of hydrogen-bond donors (Lipinski definition) is 3. The van der Waals surface area contributed by atoms with E-state index >= 15 is 0 Å². The molecule has 1 aliphatic heterocycles. The molecule has 1 aromatic rings. The Morgan fingerprint density at radius 1 is 1.48 bits per heavy atom. The minimum Gasteiger partial charge on any atom is -0.469 e. The molecular formula is C13H18N2O8. The van der Waals surface area contributed by atoms with Gasteiger partial charge in [0, 0.05) is 12.3 Å². The highest BCUT2D eigenvalue weighted by molar-refractivity contribution is 5.69. The summed E-state index contributed by atoms with van der Waals surface area (Å²) in [5.41, 5.74) is -1.32. The number of rotatable bonds is 6. The van der Waals surface area contributed by atoms with Crippen molar-refractivity contribution in [1.82, 2.24) is 9.55 Å². The lowest BCUT2D eigenvalue weighted by atomic mass is 10.1. The highest BCUT2D eigenvalue weighted by atomic mass is 16.6. The minimum absolute atomic E-state index is 0.0449. The monoisotopic (exact) mass is 330 g/mol. The Hall–Kier alpha value is -2.01. The van der Waals surface area contributed by atoms with Gasteiger partial charge in [0.15, 0.2) is 6.23 Å². The Labute approximate surface area is 130 Å². The van der Waals surface area contributed by atoms with Crippen LogP contribution in [0.1, 0.15) is 12.6 Å². The van der Waals surface area contributed by atoms with Gasteiger partial charge in [0.1, 0.15) is 18.3 Å². The first kappa shape index (κ1) is 17.3. The molecule has 2 rings (SSSR count). The summed E-state index contributed by atoms with van der Waals surface area (Å²) in [5.74, 6) is -0.491. The number of aromatic amines is 1. The number of H-pyrrole nitrogens is 1. The zero-order valence-corrected chi connectivity index (χ0v) is 12.4. The molecule has 23 heavy (non-hydrogen) atoms. The van der Waals surface area contributed by atoms with Gasteiger partial charge in [0.2, 0.25) is 0 Å². The molecule has 0 radical (unpaired) electrons. The minimum atomic E-state index is -1.21. The van der Waals surface area contributed by atoms with Crippen molar-refractivity contribution in [3.05, 3.63) is 33.1 Å². The first-order valence-electron chi connectivity index (χ1n) is 6.92. The van der Waals surface area contributed by atoms with Crippen molar-refractivity contribution in [3.8, 4) is 0 Å². The van der Waals surface area contributed by atoms with E-state index in [-0.39, 0.29) is 13.0 Å². The summed E-state index contributed by atoms with van der Waals surface area (Å²) in [4.78, 5) is 36.1. The molecule has 2 heterocycles. The van der Waals surface area contributed by atoms with Gasteiger partial charge in [0.05, 0.1) is 26.7 Å². The molecule has 0 spiro atoms. The van der Waals surface area contributed by atoms with Gasteiger partial charge in [-0.05, 0) is 0 Å². The van der Waals surface area contributed by atoms with Crippen molar-refractivity contribution in [2.45, 2.75) is 31.0 Å². The number of nitrogens with zero attached hydrogens (tertiary/aromatic N) is 1. The number of carbonyl (C=O) groups excluding carboxylic acids is 1. The lowest BCUT2D eigenvalue weighted by Gasteiger charge is -2.22. The second-order valence-electron chi connectivity index (χ2n) is 4.92. The van der Waals surface area contributed by atoms with Gasteiger partial charge >= 0.3 is 11.7 Å². The fraction of sp³-hybridized carbons (Fsp3) is 0.615. The molecule has 3 N–H and O–H groups in total. The molecule has 128 valence electrons. The maximum Gasteiger partial charge on any atom is 0.330 e. The quantitative estimate of drug-likeness (QED) is 0.496. The van der Waals surface area contributed by atoms with E-state index in [1.165, 1.54) is 13.3 Å². The standard InChI is InChI=1S/C13H18N2O8/c1-21-9(18)3-5-22-11-10(19)7(6-16)23-12(11)15-4-2-8(17)14-13(15)20/h2,4,7,10-12,16,19H,3,5-6H2,1H3,(H,14,17,20)/t7-,10?,11?,12-/m0/s1. The summed E-state index contributed by atoms with van der Waals surface area (Å²) >= 11 is 0. The van der Waals surface area contributed by atoms with E-state index in [0.29, 0.717) is 0 Å². The van der Waals surface area contributed by atoms with E-state index in [4.69, 9.17) is 9.47 Å². The lowest BCUT2D eigenvalue weighted by molar-refractivity contribution is -0.143. The number of aliphatic hydroxyl groups excluding tert-OH is 2. The fourth-order valence-corrected chi connectivity index (χ4v) is 2.28. The van der Waals surface area contributed by atoms with Gasteiger partial charge in [-0.15, -0.1) is 0 Å². The van der Waals surface area contributed by atoms with E-state index in [2.05, 4.69) is 9.72 Å². The van der Waals surface area contributed by atoms with Crippen molar-refractivity contribution < 1.29 is 29.2 Å². The van der Waals surface area contributed by atoms with Gasteiger partial charge < -0.3 is 24.4 Å². The number of carbonyl (C=O) groups is 1. The van der Waals surface area contributed by atoms with Crippen molar-refractivity contribution in [1.29, 1.82) is 0 Å². The molecule has 1 fully saturated rings. The molecule has 0 amide bonds. The highest BCUT2D eigenvalue weighted by Crippen LogP contribution is 2.30. The van der Waals surface area contributed by atoms with Crippen molar-refractivity contribution in [3.63, 3.8) is 0 Å². The molecule has 10 heteroatoms. The van der Waals surface area contributed by atoms with Crippen LogP contribution < -0.4 is 11.2 Å². The topological polar surface area (TPSA) is 140 Å². The predicted molar refractivity (Wildman–Crippen MR) is 74.7 cm³/mol. The van der Waals surface area contributed by atoms with Gasteiger partial charge in [-0.1, -0.05) is 0 Å². The summed E-state index contributed by atoms with van der Waals surface area (Å²) in [6, 6.07) is 1.12. The van der Waals surface area contributed by atoms with Crippen LogP contribution in [0.15, 0.2) is 21.9 Å². The third-order valence-corrected chi connectivity index (χ3v) is 3.46. The van der Waals surface area contributed by atoms with E-state index in [1.54, 1.807) is 0 Å². The Kier molecular flexibility index (Phi) is 5.66. The molecule has 10 nitrogen and oxygen atoms in total. The zero-order valence-electron chi connectivity index (χ0n) is 12.4. The van der Waals surface area contributed by atoms with Crippen LogP contribution in [-0.2, 0) is 19.0 Å².